The van der Waals surface area contributed by atoms with Crippen molar-refractivity contribution in [2.75, 3.05) is 32.7 Å². The molecule has 100 valence electrons. The van der Waals surface area contributed by atoms with Crippen LogP contribution in [-0.2, 0) is 0 Å². The summed E-state index contributed by atoms with van der Waals surface area (Å²) in [5.41, 5.74) is 0. The van der Waals surface area contributed by atoms with E-state index >= 15 is 0 Å². The minimum Gasteiger partial charge on any atom is -0.315 e. The molecule has 2 fully saturated rings. The molecule has 0 aromatic carbocycles. The molecule has 17 heavy (non-hydrogen) atoms. The molecule has 1 saturated carbocycles. The molecule has 1 heterocycles. The van der Waals surface area contributed by atoms with Crippen molar-refractivity contribution in [2.45, 2.75) is 46.0 Å². The van der Waals surface area contributed by atoms with Crippen molar-refractivity contribution in [3.8, 4) is 0 Å². The third kappa shape index (κ3) is 4.59. The SMILES string of the molecule is CC1CC(C)CN(CCNCC2CCCC2)C1. The van der Waals surface area contributed by atoms with Gasteiger partial charge in [0.15, 0.2) is 0 Å². The Bertz CT molecular complexity index is 201. The number of hydrogen-bond donors (Lipinski definition) is 1. The van der Waals surface area contributed by atoms with Gasteiger partial charge < -0.3 is 10.2 Å². The number of nitrogens with one attached hydrogen (secondary N) is 1. The van der Waals surface area contributed by atoms with E-state index in [0.717, 1.165) is 17.8 Å². The molecule has 1 aliphatic heterocycles. The van der Waals surface area contributed by atoms with E-state index in [1.807, 2.05) is 0 Å². The van der Waals surface area contributed by atoms with E-state index in [1.165, 1.54) is 64.8 Å². The van der Waals surface area contributed by atoms with Crippen LogP contribution in [-0.4, -0.2) is 37.6 Å². The Morgan fingerprint density at radius 3 is 2.35 bits per heavy atom. The third-order valence-corrected chi connectivity index (χ3v) is 4.46. The van der Waals surface area contributed by atoms with Gasteiger partial charge in [0.1, 0.15) is 0 Å². The van der Waals surface area contributed by atoms with Gasteiger partial charge in [-0.1, -0.05) is 26.7 Å². The van der Waals surface area contributed by atoms with Crippen LogP contribution in [0.5, 0.6) is 0 Å². The Hall–Kier alpha value is -0.0800. The highest BCUT2D eigenvalue weighted by atomic mass is 15.1. The second kappa shape index (κ2) is 6.75. The Labute approximate surface area is 107 Å². The molecule has 0 aromatic rings. The normalized spacial score (nSPS) is 32.1. The molecule has 0 amide bonds. The van der Waals surface area contributed by atoms with Crippen LogP contribution in [0.3, 0.4) is 0 Å². The first-order valence-corrected chi connectivity index (χ1v) is 7.67. The smallest absolute Gasteiger partial charge is 0.0107 e. The maximum atomic E-state index is 3.66. The van der Waals surface area contributed by atoms with Gasteiger partial charge in [0, 0.05) is 26.2 Å². The zero-order valence-corrected chi connectivity index (χ0v) is 11.8. The van der Waals surface area contributed by atoms with Crippen molar-refractivity contribution in [1.29, 1.82) is 0 Å². The Morgan fingerprint density at radius 2 is 1.71 bits per heavy atom. The van der Waals surface area contributed by atoms with Crippen LogP contribution in [0.1, 0.15) is 46.0 Å². The summed E-state index contributed by atoms with van der Waals surface area (Å²) >= 11 is 0. The molecule has 2 nitrogen and oxygen atoms in total. The molecule has 0 aromatic heterocycles. The van der Waals surface area contributed by atoms with E-state index in [-0.39, 0.29) is 0 Å². The second-order valence-corrected chi connectivity index (χ2v) is 6.56. The van der Waals surface area contributed by atoms with E-state index in [4.69, 9.17) is 0 Å². The van der Waals surface area contributed by atoms with E-state index in [9.17, 15) is 0 Å². The lowest BCUT2D eigenvalue weighted by atomic mass is 9.92. The van der Waals surface area contributed by atoms with Crippen LogP contribution in [0.4, 0.5) is 0 Å². The minimum atomic E-state index is 0.897. The summed E-state index contributed by atoms with van der Waals surface area (Å²) < 4.78 is 0. The van der Waals surface area contributed by atoms with Crippen molar-refractivity contribution >= 4 is 0 Å². The van der Waals surface area contributed by atoms with Gasteiger partial charge in [-0.15, -0.1) is 0 Å². The number of piperidine rings is 1. The van der Waals surface area contributed by atoms with E-state index in [2.05, 4.69) is 24.1 Å². The molecular weight excluding hydrogens is 208 g/mol. The number of hydrogen-bond acceptors (Lipinski definition) is 2. The highest BCUT2D eigenvalue weighted by Gasteiger charge is 2.21. The van der Waals surface area contributed by atoms with Gasteiger partial charge in [0.2, 0.25) is 0 Å². The fourth-order valence-electron chi connectivity index (χ4n) is 3.73. The minimum absolute atomic E-state index is 0.897. The summed E-state index contributed by atoms with van der Waals surface area (Å²) in [5, 5.41) is 3.66. The predicted octanol–water partition coefficient (Wildman–Crippen LogP) is 2.74. The quantitative estimate of drug-likeness (QED) is 0.741. The van der Waals surface area contributed by atoms with E-state index in [1.54, 1.807) is 0 Å². The van der Waals surface area contributed by atoms with Crippen LogP contribution in [0, 0.1) is 17.8 Å². The highest BCUT2D eigenvalue weighted by molar-refractivity contribution is 4.75. The largest absolute Gasteiger partial charge is 0.315 e. The van der Waals surface area contributed by atoms with Crippen molar-refractivity contribution in [3.63, 3.8) is 0 Å². The van der Waals surface area contributed by atoms with Gasteiger partial charge in [-0.25, -0.2) is 0 Å². The first kappa shape index (κ1) is 13.4. The summed E-state index contributed by atoms with van der Waals surface area (Å²) in [6, 6.07) is 0. The fourth-order valence-corrected chi connectivity index (χ4v) is 3.73. The van der Waals surface area contributed by atoms with Crippen LogP contribution in [0.15, 0.2) is 0 Å². The molecule has 2 heteroatoms. The summed E-state index contributed by atoms with van der Waals surface area (Å²) in [6.45, 7) is 11.1. The van der Waals surface area contributed by atoms with Gasteiger partial charge in [0.05, 0.1) is 0 Å². The second-order valence-electron chi connectivity index (χ2n) is 6.56. The molecular formula is C15H30N2. The first-order chi connectivity index (χ1) is 8.24. The summed E-state index contributed by atoms with van der Waals surface area (Å²) in [6.07, 6.45) is 7.28. The van der Waals surface area contributed by atoms with Crippen molar-refractivity contribution in [1.82, 2.24) is 10.2 Å². The van der Waals surface area contributed by atoms with Gasteiger partial charge in [-0.3, -0.25) is 0 Å². The third-order valence-electron chi connectivity index (χ3n) is 4.46. The zero-order valence-electron chi connectivity index (χ0n) is 11.8. The molecule has 0 spiro atoms. The maximum Gasteiger partial charge on any atom is 0.0107 e. The molecule has 0 bridgehead atoms. The monoisotopic (exact) mass is 238 g/mol. The molecule has 1 saturated heterocycles. The Kier molecular flexibility index (Phi) is 5.30. The number of nitrogens with zero attached hydrogens (tertiary/aromatic N) is 1. The Morgan fingerprint density at radius 1 is 1.06 bits per heavy atom. The van der Waals surface area contributed by atoms with Crippen LogP contribution in [0.25, 0.3) is 0 Å². The van der Waals surface area contributed by atoms with Gasteiger partial charge in [-0.2, -0.15) is 0 Å². The lowest BCUT2D eigenvalue weighted by Crippen LogP contribution is -2.42. The lowest BCUT2D eigenvalue weighted by Gasteiger charge is -2.35. The fraction of sp³-hybridized carbons (Fsp3) is 1.00. The van der Waals surface area contributed by atoms with Crippen molar-refractivity contribution in [2.24, 2.45) is 17.8 Å². The topological polar surface area (TPSA) is 15.3 Å². The number of likely N-dealkylation sites (tertiary alicyclic amines) is 1. The molecule has 2 unspecified atom stereocenters. The van der Waals surface area contributed by atoms with Crippen LogP contribution < -0.4 is 5.32 Å². The molecule has 0 radical (unpaired) electrons. The summed E-state index contributed by atoms with van der Waals surface area (Å²) in [5.74, 6) is 2.77. The molecule has 1 aliphatic carbocycles. The lowest BCUT2D eigenvalue weighted by molar-refractivity contribution is 0.141. The standard InChI is InChI=1S/C15H30N2/c1-13-9-14(2)12-17(11-13)8-7-16-10-15-5-3-4-6-15/h13-16H,3-12H2,1-2H3. The molecule has 2 atom stereocenters. The average molecular weight is 238 g/mol. The Balaban J connectivity index is 1.54. The van der Waals surface area contributed by atoms with Crippen LogP contribution in [0.2, 0.25) is 0 Å². The van der Waals surface area contributed by atoms with Gasteiger partial charge in [0.25, 0.3) is 0 Å². The van der Waals surface area contributed by atoms with Crippen molar-refractivity contribution in [3.05, 3.63) is 0 Å². The van der Waals surface area contributed by atoms with E-state index < -0.39 is 0 Å². The zero-order chi connectivity index (χ0) is 12.1. The summed E-state index contributed by atoms with van der Waals surface area (Å²) in [7, 11) is 0. The number of rotatable bonds is 5. The van der Waals surface area contributed by atoms with Gasteiger partial charge >= 0.3 is 0 Å². The summed E-state index contributed by atoms with van der Waals surface area (Å²) in [4.78, 5) is 2.65. The van der Waals surface area contributed by atoms with E-state index in [0.29, 0.717) is 0 Å². The highest BCUT2D eigenvalue weighted by Crippen LogP contribution is 2.23. The average Bonchev–Trinajstić information content (AvgIpc) is 2.76. The maximum absolute atomic E-state index is 3.66. The molecule has 2 aliphatic rings. The molecule has 1 N–H and O–H groups in total. The molecule has 2 rings (SSSR count). The van der Waals surface area contributed by atoms with Crippen LogP contribution >= 0.6 is 0 Å². The first-order valence-electron chi connectivity index (χ1n) is 7.67. The predicted molar refractivity (Wildman–Crippen MR) is 74.2 cm³/mol. The van der Waals surface area contributed by atoms with Crippen molar-refractivity contribution < 1.29 is 0 Å². The van der Waals surface area contributed by atoms with Gasteiger partial charge in [-0.05, 0) is 43.6 Å².